The number of quaternary nitrogens is 1. The SMILES string of the molecule is COc1ccc(CCO[C@H]2CCCC[C@H]2[N+]2(OC(=O)CCCCCC(=O)N(C)CCS(=O)(=O)O)CCCC2)cc1OC. The fourth-order valence-corrected chi connectivity index (χ4v) is 6.58. The second-order valence-electron chi connectivity index (χ2n) is 11.4. The van der Waals surface area contributed by atoms with Crippen molar-refractivity contribution >= 4 is 22.0 Å². The molecule has 42 heavy (non-hydrogen) atoms. The van der Waals surface area contributed by atoms with Crippen LogP contribution in [0.3, 0.4) is 0 Å². The molecule has 1 aromatic carbocycles. The average Bonchev–Trinajstić information content (AvgIpc) is 3.44. The van der Waals surface area contributed by atoms with Crippen LogP contribution >= 0.6 is 0 Å². The van der Waals surface area contributed by atoms with Crippen LogP contribution in [-0.4, -0.2) is 99.8 Å². The lowest BCUT2D eigenvalue weighted by Crippen LogP contribution is -2.60. The Morgan fingerprint density at radius 3 is 2.36 bits per heavy atom. The summed E-state index contributed by atoms with van der Waals surface area (Å²) in [6, 6.07) is 6.05. The van der Waals surface area contributed by atoms with Gasteiger partial charge in [0, 0.05) is 39.3 Å². The summed E-state index contributed by atoms with van der Waals surface area (Å²) in [7, 11) is 0.667. The summed E-state index contributed by atoms with van der Waals surface area (Å²) in [5, 5.41) is 0. The van der Waals surface area contributed by atoms with E-state index in [-0.39, 0.29) is 37.0 Å². The maximum absolute atomic E-state index is 13.0. The summed E-state index contributed by atoms with van der Waals surface area (Å²) in [5.41, 5.74) is 1.11. The van der Waals surface area contributed by atoms with E-state index in [9.17, 15) is 18.0 Å². The minimum atomic E-state index is -4.10. The molecule has 1 aromatic rings. The van der Waals surface area contributed by atoms with Gasteiger partial charge in [-0.2, -0.15) is 8.42 Å². The van der Waals surface area contributed by atoms with E-state index in [0.29, 0.717) is 48.4 Å². The van der Waals surface area contributed by atoms with E-state index in [1.807, 2.05) is 18.2 Å². The fraction of sp³-hybridized carbons (Fsp3) is 0.733. The van der Waals surface area contributed by atoms with Gasteiger partial charge in [-0.25, -0.2) is 4.79 Å². The number of unbranched alkanes of at least 4 members (excludes halogenated alkanes) is 2. The number of nitrogens with zero attached hydrogens (tertiary/aromatic N) is 2. The molecule has 11 nitrogen and oxygen atoms in total. The van der Waals surface area contributed by atoms with Gasteiger partial charge in [0.15, 0.2) is 17.5 Å². The molecule has 0 radical (unpaired) electrons. The van der Waals surface area contributed by atoms with Crippen LogP contribution < -0.4 is 9.47 Å². The summed E-state index contributed by atoms with van der Waals surface area (Å²) in [5.74, 6) is 0.534. The van der Waals surface area contributed by atoms with E-state index in [0.717, 1.165) is 63.6 Å². The number of ether oxygens (including phenoxy) is 3. The van der Waals surface area contributed by atoms with Crippen LogP contribution in [-0.2, 0) is 35.7 Å². The molecule has 2 atom stereocenters. The largest absolute Gasteiger partial charge is 0.493 e. The third-order valence-electron chi connectivity index (χ3n) is 8.43. The summed E-state index contributed by atoms with van der Waals surface area (Å²) < 4.78 is 48.2. The van der Waals surface area contributed by atoms with E-state index in [2.05, 4.69) is 0 Å². The number of hydrogen-bond donors (Lipinski definition) is 1. The zero-order valence-corrected chi connectivity index (χ0v) is 26.2. The van der Waals surface area contributed by atoms with Crippen molar-refractivity contribution in [2.24, 2.45) is 0 Å². The standard InChI is InChI=1S/C30H48N2O9S/c1-31(18-22-42(35,36)37)29(33)13-5-4-6-14-30(34)41-32(19-9-10-20-32)25-11-7-8-12-26(25)40-21-17-24-15-16-27(38-2)28(23-24)39-3/h15-16,23,25-26H,4-14,17-22H2,1-3H3/p+1/t25-,26+/m1/s1. The molecule has 0 bridgehead atoms. The molecular formula is C30H49N2O9S+. The smallest absolute Gasteiger partial charge is 0.366 e. The number of rotatable bonds is 17. The number of carbonyl (C=O) groups excluding carboxylic acids is 2. The highest BCUT2D eigenvalue weighted by atomic mass is 32.2. The Labute approximate surface area is 250 Å². The number of carbonyl (C=O) groups is 2. The van der Waals surface area contributed by atoms with Crippen LogP contribution in [0.4, 0.5) is 0 Å². The van der Waals surface area contributed by atoms with Crippen molar-refractivity contribution in [3.05, 3.63) is 23.8 Å². The predicted molar refractivity (Wildman–Crippen MR) is 158 cm³/mol. The van der Waals surface area contributed by atoms with Crippen LogP contribution in [0.5, 0.6) is 11.5 Å². The Hall–Kier alpha value is -2.41. The molecule has 3 rings (SSSR count). The maximum Gasteiger partial charge on any atom is 0.366 e. The van der Waals surface area contributed by atoms with Gasteiger partial charge >= 0.3 is 5.97 Å². The molecule has 2 aliphatic rings. The molecule has 238 valence electrons. The molecule has 1 aliphatic carbocycles. The highest BCUT2D eigenvalue weighted by Crippen LogP contribution is 2.36. The van der Waals surface area contributed by atoms with Crippen molar-refractivity contribution in [1.82, 2.24) is 4.90 Å². The monoisotopic (exact) mass is 613 g/mol. The number of amides is 1. The topological polar surface area (TPSA) is 129 Å². The summed E-state index contributed by atoms with van der Waals surface area (Å²) in [6.45, 7) is 2.16. The molecule has 1 saturated heterocycles. The lowest BCUT2D eigenvalue weighted by Gasteiger charge is -2.43. The number of hydroxylamine groups is 3. The second-order valence-corrected chi connectivity index (χ2v) is 13.0. The van der Waals surface area contributed by atoms with E-state index >= 15 is 0 Å². The van der Waals surface area contributed by atoms with Crippen molar-refractivity contribution in [2.45, 2.75) is 89.2 Å². The molecule has 12 heteroatoms. The minimum Gasteiger partial charge on any atom is -0.493 e. The van der Waals surface area contributed by atoms with Crippen molar-refractivity contribution in [3.8, 4) is 11.5 Å². The molecule has 0 spiro atoms. The molecular weight excluding hydrogens is 564 g/mol. The molecule has 1 heterocycles. The van der Waals surface area contributed by atoms with Gasteiger partial charge in [-0.1, -0.05) is 18.9 Å². The van der Waals surface area contributed by atoms with Crippen molar-refractivity contribution in [1.29, 1.82) is 0 Å². The van der Waals surface area contributed by atoms with Crippen LogP contribution in [0.15, 0.2) is 18.2 Å². The minimum absolute atomic E-state index is 0.0358. The van der Waals surface area contributed by atoms with Crippen LogP contribution in [0.1, 0.15) is 76.2 Å². The zero-order valence-electron chi connectivity index (χ0n) is 25.4. The van der Waals surface area contributed by atoms with Gasteiger partial charge in [-0.3, -0.25) is 14.2 Å². The highest BCUT2D eigenvalue weighted by Gasteiger charge is 2.49. The summed E-state index contributed by atoms with van der Waals surface area (Å²) in [6.07, 6.45) is 9.45. The summed E-state index contributed by atoms with van der Waals surface area (Å²) in [4.78, 5) is 32.7. The van der Waals surface area contributed by atoms with Crippen LogP contribution in [0, 0.1) is 0 Å². The molecule has 2 fully saturated rings. The number of benzene rings is 1. The fourth-order valence-electron chi connectivity index (χ4n) is 6.07. The van der Waals surface area contributed by atoms with Gasteiger partial charge in [-0.05, 0) is 49.8 Å². The number of likely N-dealkylation sites (tertiary alicyclic amines) is 1. The normalized spacial score (nSPS) is 20.2. The molecule has 1 aliphatic heterocycles. The predicted octanol–water partition coefficient (Wildman–Crippen LogP) is 3.94. The molecule has 0 unspecified atom stereocenters. The van der Waals surface area contributed by atoms with Gasteiger partial charge in [-0.15, -0.1) is 4.65 Å². The van der Waals surface area contributed by atoms with E-state index in [1.54, 1.807) is 14.2 Å². The highest BCUT2D eigenvalue weighted by molar-refractivity contribution is 7.85. The third kappa shape index (κ3) is 10.4. The van der Waals surface area contributed by atoms with Gasteiger partial charge < -0.3 is 19.1 Å². The van der Waals surface area contributed by atoms with Gasteiger partial charge in [0.2, 0.25) is 5.91 Å². The molecule has 1 amide bonds. The van der Waals surface area contributed by atoms with Crippen LogP contribution in [0.25, 0.3) is 0 Å². The maximum atomic E-state index is 13.0. The molecule has 1 N–H and O–H groups in total. The first-order valence-corrected chi connectivity index (χ1v) is 16.8. The van der Waals surface area contributed by atoms with Gasteiger partial charge in [0.25, 0.3) is 10.1 Å². The lowest BCUT2D eigenvalue weighted by atomic mass is 9.91. The second kappa shape index (κ2) is 16.4. The average molecular weight is 614 g/mol. The molecule has 1 saturated carbocycles. The van der Waals surface area contributed by atoms with Crippen molar-refractivity contribution in [2.75, 3.05) is 53.3 Å². The third-order valence-corrected chi connectivity index (χ3v) is 9.13. The number of methoxy groups -OCH3 is 2. The Balaban J connectivity index is 1.46. The Morgan fingerprint density at radius 2 is 1.67 bits per heavy atom. The lowest BCUT2D eigenvalue weighted by molar-refractivity contribution is -1.10. The van der Waals surface area contributed by atoms with Gasteiger partial charge in [0.1, 0.15) is 19.2 Å². The number of hydrogen-bond acceptors (Lipinski definition) is 8. The first-order valence-electron chi connectivity index (χ1n) is 15.2. The van der Waals surface area contributed by atoms with E-state index < -0.39 is 15.9 Å². The Bertz CT molecular complexity index is 1120. The first-order chi connectivity index (χ1) is 20.1. The van der Waals surface area contributed by atoms with E-state index in [1.165, 1.54) is 11.9 Å². The van der Waals surface area contributed by atoms with Crippen molar-refractivity contribution in [3.63, 3.8) is 0 Å². The molecule has 0 aromatic heterocycles. The summed E-state index contributed by atoms with van der Waals surface area (Å²) >= 11 is 0. The van der Waals surface area contributed by atoms with E-state index in [4.69, 9.17) is 23.6 Å². The van der Waals surface area contributed by atoms with Gasteiger partial charge in [0.05, 0.1) is 33.0 Å². The Morgan fingerprint density at radius 1 is 0.976 bits per heavy atom. The zero-order chi connectivity index (χ0) is 30.6. The first kappa shape index (κ1) is 34.1. The van der Waals surface area contributed by atoms with Crippen LogP contribution in [0.2, 0.25) is 0 Å². The quantitative estimate of drug-likeness (QED) is 0.158. The van der Waals surface area contributed by atoms with Crippen molar-refractivity contribution < 1.29 is 46.3 Å². The Kier molecular flexibility index (Phi) is 13.3.